The fraction of sp³-hybridized carbons (Fsp3) is 0.0909. The number of carbonyl (C=O) groups excluding carboxylic acids is 1. The maximum atomic E-state index is 12.7. The van der Waals surface area contributed by atoms with Crippen LogP contribution in [0, 0.1) is 10.1 Å². The summed E-state index contributed by atoms with van der Waals surface area (Å²) < 4.78 is 37.4. The summed E-state index contributed by atoms with van der Waals surface area (Å²) in [5, 5.41) is 15.5. The van der Waals surface area contributed by atoms with Gasteiger partial charge in [-0.1, -0.05) is 12.1 Å². The van der Waals surface area contributed by atoms with E-state index >= 15 is 0 Å². The van der Waals surface area contributed by atoms with Crippen LogP contribution < -0.4 is 14.9 Å². The van der Waals surface area contributed by atoms with Gasteiger partial charge in [0, 0.05) is 11.8 Å². The molecule has 0 aliphatic rings. The Morgan fingerprint density at radius 1 is 1.03 bits per heavy atom. The number of anilines is 2. The third kappa shape index (κ3) is 5.86. The molecule has 0 spiro atoms. The summed E-state index contributed by atoms with van der Waals surface area (Å²) in [5.74, 6) is 0.0720. The molecule has 0 saturated heterocycles. The Labute approximate surface area is 195 Å². The van der Waals surface area contributed by atoms with Crippen LogP contribution in [0.15, 0.2) is 76.7 Å². The van der Waals surface area contributed by atoms with Crippen molar-refractivity contribution in [2.45, 2.75) is 4.90 Å². The second-order valence-corrected chi connectivity index (χ2v) is 8.44. The minimum Gasteiger partial charge on any atom is -0.497 e. The molecule has 0 bridgehead atoms. The van der Waals surface area contributed by atoms with Crippen molar-refractivity contribution >= 4 is 39.3 Å². The van der Waals surface area contributed by atoms with Gasteiger partial charge < -0.3 is 9.47 Å². The number of methoxy groups -OCH3 is 2. The first-order valence-electron chi connectivity index (χ1n) is 9.66. The highest BCUT2D eigenvalue weighted by atomic mass is 32.2. The number of nitrogens with zero attached hydrogens (tertiary/aromatic N) is 2. The number of carbonyl (C=O) groups is 1. The molecule has 0 aliphatic heterocycles. The first kappa shape index (κ1) is 24.2. The predicted octanol–water partition coefficient (Wildman–Crippen LogP) is 3.64. The molecule has 3 aromatic rings. The Morgan fingerprint density at radius 3 is 2.29 bits per heavy atom. The van der Waals surface area contributed by atoms with Crippen LogP contribution in [0.5, 0.6) is 5.75 Å². The monoisotopic (exact) mass is 484 g/mol. The number of benzene rings is 3. The highest BCUT2D eigenvalue weighted by molar-refractivity contribution is 7.92. The fourth-order valence-electron chi connectivity index (χ4n) is 2.80. The number of nitrogens with one attached hydrogen (secondary N) is 2. The minimum absolute atomic E-state index is 0.00386. The van der Waals surface area contributed by atoms with Crippen molar-refractivity contribution in [3.05, 3.63) is 88.0 Å². The first-order valence-corrected chi connectivity index (χ1v) is 11.1. The standard InChI is InChI=1S/C22H20N4O7S/c1-32-18-9-7-17(8-10-18)25-34(30,31)19-11-12-20(21(13-19)26(28)29)24-23-14-15-3-5-16(6-4-15)22(27)33-2/h3-14,24-25H,1-2H3/b23-14-. The number of hydrogen-bond acceptors (Lipinski definition) is 9. The number of sulfonamides is 1. The molecule has 0 heterocycles. The lowest BCUT2D eigenvalue weighted by Gasteiger charge is -2.10. The van der Waals surface area contributed by atoms with E-state index in [1.807, 2.05) is 0 Å². The quantitative estimate of drug-likeness (QED) is 0.202. The Kier molecular flexibility index (Phi) is 7.43. The van der Waals surface area contributed by atoms with E-state index in [1.165, 1.54) is 44.7 Å². The van der Waals surface area contributed by atoms with Crippen LogP contribution in [0.1, 0.15) is 15.9 Å². The molecule has 0 aromatic heterocycles. The van der Waals surface area contributed by atoms with Crippen LogP contribution >= 0.6 is 0 Å². The lowest BCUT2D eigenvalue weighted by Crippen LogP contribution is -2.13. The van der Waals surface area contributed by atoms with E-state index in [9.17, 15) is 23.3 Å². The molecule has 176 valence electrons. The molecule has 0 amide bonds. The fourth-order valence-corrected chi connectivity index (χ4v) is 3.88. The number of hydrogen-bond donors (Lipinski definition) is 2. The number of rotatable bonds is 9. The van der Waals surface area contributed by atoms with Gasteiger partial charge in [-0.05, 0) is 54.1 Å². The van der Waals surface area contributed by atoms with Gasteiger partial charge in [-0.25, -0.2) is 13.2 Å². The van der Waals surface area contributed by atoms with Gasteiger partial charge in [-0.3, -0.25) is 20.3 Å². The first-order chi connectivity index (χ1) is 16.2. The van der Waals surface area contributed by atoms with Crippen molar-refractivity contribution in [1.29, 1.82) is 0 Å². The molecule has 0 aliphatic carbocycles. The van der Waals surface area contributed by atoms with Gasteiger partial charge >= 0.3 is 5.97 Å². The second kappa shape index (κ2) is 10.4. The van der Waals surface area contributed by atoms with Crippen molar-refractivity contribution in [1.82, 2.24) is 0 Å². The third-order valence-electron chi connectivity index (χ3n) is 4.55. The predicted molar refractivity (Wildman–Crippen MR) is 126 cm³/mol. The second-order valence-electron chi connectivity index (χ2n) is 6.75. The van der Waals surface area contributed by atoms with Crippen molar-refractivity contribution in [3.8, 4) is 5.75 Å². The summed E-state index contributed by atoms with van der Waals surface area (Å²) in [6, 6.07) is 15.9. The number of nitro benzene ring substituents is 1. The third-order valence-corrected chi connectivity index (χ3v) is 5.93. The van der Waals surface area contributed by atoms with Crippen molar-refractivity contribution in [2.24, 2.45) is 5.10 Å². The van der Waals surface area contributed by atoms with E-state index in [0.29, 0.717) is 16.9 Å². The maximum Gasteiger partial charge on any atom is 0.337 e. The van der Waals surface area contributed by atoms with Gasteiger partial charge in [0.1, 0.15) is 11.4 Å². The molecule has 34 heavy (non-hydrogen) atoms. The van der Waals surface area contributed by atoms with Crippen molar-refractivity contribution < 1.29 is 27.6 Å². The van der Waals surface area contributed by atoms with E-state index < -0.39 is 26.6 Å². The molecule has 3 aromatic carbocycles. The maximum absolute atomic E-state index is 12.7. The lowest BCUT2D eigenvalue weighted by molar-refractivity contribution is -0.384. The molecule has 2 N–H and O–H groups in total. The van der Waals surface area contributed by atoms with Gasteiger partial charge in [0.15, 0.2) is 0 Å². The van der Waals surface area contributed by atoms with E-state index in [2.05, 4.69) is 20.0 Å². The van der Waals surface area contributed by atoms with E-state index in [4.69, 9.17) is 4.74 Å². The summed E-state index contributed by atoms with van der Waals surface area (Å²) in [6.45, 7) is 0. The van der Waals surface area contributed by atoms with Crippen LogP contribution in [0.2, 0.25) is 0 Å². The number of esters is 1. The van der Waals surface area contributed by atoms with Crippen LogP contribution in [-0.2, 0) is 14.8 Å². The summed E-state index contributed by atoms with van der Waals surface area (Å²) in [7, 11) is -1.32. The topological polar surface area (TPSA) is 149 Å². The van der Waals surface area contributed by atoms with Gasteiger partial charge in [-0.15, -0.1) is 0 Å². The van der Waals surface area contributed by atoms with Crippen molar-refractivity contribution in [2.75, 3.05) is 24.4 Å². The molecule has 0 unspecified atom stereocenters. The van der Waals surface area contributed by atoms with Gasteiger partial charge in [0.05, 0.1) is 35.8 Å². The lowest BCUT2D eigenvalue weighted by atomic mass is 10.1. The summed E-state index contributed by atoms with van der Waals surface area (Å²) >= 11 is 0. The van der Waals surface area contributed by atoms with Gasteiger partial charge in [-0.2, -0.15) is 5.10 Å². The van der Waals surface area contributed by atoms with E-state index in [-0.39, 0.29) is 16.3 Å². The zero-order valence-electron chi connectivity index (χ0n) is 18.1. The molecule has 11 nitrogen and oxygen atoms in total. The highest BCUT2D eigenvalue weighted by Gasteiger charge is 2.21. The molecular weight excluding hydrogens is 464 g/mol. The van der Waals surface area contributed by atoms with Gasteiger partial charge in [0.2, 0.25) is 0 Å². The molecule has 3 rings (SSSR count). The Balaban J connectivity index is 1.77. The molecule has 0 atom stereocenters. The molecule has 0 fully saturated rings. The molecule has 0 saturated carbocycles. The number of ether oxygens (including phenoxy) is 2. The molecular formula is C22H20N4O7S. The minimum atomic E-state index is -4.08. The Morgan fingerprint density at radius 2 is 1.71 bits per heavy atom. The zero-order chi connectivity index (χ0) is 24.7. The summed E-state index contributed by atoms with van der Waals surface area (Å²) in [5.41, 5.74) is 3.31. The van der Waals surface area contributed by atoms with Gasteiger partial charge in [0.25, 0.3) is 15.7 Å². The number of hydrazone groups is 1. The SMILES string of the molecule is COC(=O)c1ccc(/C=N\Nc2ccc(S(=O)(=O)Nc3ccc(OC)cc3)cc2[N+](=O)[O-])cc1. The van der Waals surface area contributed by atoms with Crippen LogP contribution in [0.4, 0.5) is 17.1 Å². The number of nitro groups is 1. The summed E-state index contributed by atoms with van der Waals surface area (Å²) in [6.07, 6.45) is 1.39. The Hall–Kier alpha value is -4.45. The highest BCUT2D eigenvalue weighted by Crippen LogP contribution is 2.29. The van der Waals surface area contributed by atoms with E-state index in [0.717, 1.165) is 6.07 Å². The zero-order valence-corrected chi connectivity index (χ0v) is 18.9. The average Bonchev–Trinajstić information content (AvgIpc) is 2.84. The average molecular weight is 484 g/mol. The van der Waals surface area contributed by atoms with Crippen molar-refractivity contribution in [3.63, 3.8) is 0 Å². The smallest absolute Gasteiger partial charge is 0.337 e. The van der Waals surface area contributed by atoms with Crippen LogP contribution in [0.3, 0.4) is 0 Å². The van der Waals surface area contributed by atoms with E-state index in [1.54, 1.807) is 36.4 Å². The Bertz CT molecular complexity index is 1320. The molecule has 12 heteroatoms. The van der Waals surface area contributed by atoms with Crippen LogP contribution in [0.25, 0.3) is 0 Å². The molecule has 0 radical (unpaired) electrons. The van der Waals surface area contributed by atoms with Crippen LogP contribution in [-0.4, -0.2) is 39.7 Å². The normalized spacial score (nSPS) is 11.1. The summed E-state index contributed by atoms with van der Waals surface area (Å²) in [4.78, 5) is 22.0. The largest absolute Gasteiger partial charge is 0.497 e.